The quantitative estimate of drug-likeness (QED) is 0.182. The molecule has 2 aliphatic rings. The normalized spacial score (nSPS) is 17.4. The van der Waals surface area contributed by atoms with Gasteiger partial charge < -0.3 is 36.2 Å². The molecular weight excluding hydrogens is 692 g/mol. The van der Waals surface area contributed by atoms with Gasteiger partial charge in [0, 0.05) is 20.0 Å². The van der Waals surface area contributed by atoms with Gasteiger partial charge in [0.05, 0.1) is 12.6 Å². The van der Waals surface area contributed by atoms with Gasteiger partial charge >= 0.3 is 6.09 Å². The zero-order valence-corrected chi connectivity index (χ0v) is 31.9. The Kier molecular flexibility index (Phi) is 14.7. The molecule has 6 amide bonds. The van der Waals surface area contributed by atoms with Gasteiger partial charge in [0.1, 0.15) is 23.7 Å². The summed E-state index contributed by atoms with van der Waals surface area (Å²) < 4.78 is 5.53. The number of ether oxygens (including phenoxy) is 1. The van der Waals surface area contributed by atoms with Crippen molar-refractivity contribution in [2.45, 2.75) is 115 Å². The number of nitrogens with one attached hydrogen (secondary N) is 5. The molecule has 5 N–H and O–H groups in total. The Labute approximate surface area is 316 Å². The Morgan fingerprint density at radius 1 is 0.852 bits per heavy atom. The van der Waals surface area contributed by atoms with E-state index in [4.69, 9.17) is 4.74 Å². The Bertz CT molecular complexity index is 1670. The van der Waals surface area contributed by atoms with Gasteiger partial charge in [-0.3, -0.25) is 28.8 Å². The number of ketones is 1. The van der Waals surface area contributed by atoms with E-state index in [2.05, 4.69) is 26.6 Å². The van der Waals surface area contributed by atoms with Crippen LogP contribution in [0.15, 0.2) is 54.6 Å². The molecule has 0 saturated heterocycles. The van der Waals surface area contributed by atoms with E-state index in [0.717, 1.165) is 43.2 Å². The van der Waals surface area contributed by atoms with Crippen molar-refractivity contribution in [3.8, 4) is 0 Å². The van der Waals surface area contributed by atoms with Crippen molar-refractivity contribution in [3.05, 3.63) is 71.3 Å². The van der Waals surface area contributed by atoms with E-state index in [0.29, 0.717) is 12.0 Å². The molecule has 0 bridgehead atoms. The van der Waals surface area contributed by atoms with Gasteiger partial charge in [-0.25, -0.2) is 4.79 Å². The molecule has 1 aliphatic carbocycles. The smallest absolute Gasteiger partial charge is 0.408 e. The number of benzene rings is 2. The lowest BCUT2D eigenvalue weighted by molar-refractivity contribution is -0.146. The summed E-state index contributed by atoms with van der Waals surface area (Å²) in [5, 5.41) is 12.9. The van der Waals surface area contributed by atoms with Gasteiger partial charge in [-0.1, -0.05) is 87.2 Å². The van der Waals surface area contributed by atoms with E-state index in [1.165, 1.54) is 11.9 Å². The molecule has 4 rings (SSSR count). The number of alkyl carbamates (subject to hydrolysis) is 1. The van der Waals surface area contributed by atoms with Crippen molar-refractivity contribution < 1.29 is 38.3 Å². The number of hydrogen-bond acceptors (Lipinski definition) is 8. The SMILES string of the molecule is CCCC(NC(=O)[C@@H]1Cc2ccccc2CN1C(=O)[C@@H](NC(=O)OC(C)(C)C)C1CCCCC1)C(=O)C(=O)NCC(=O)N[C@H](C(=O)NC)c1ccccc1. The second-order valence-corrected chi connectivity index (χ2v) is 14.9. The highest BCUT2D eigenvalue weighted by Gasteiger charge is 2.42. The van der Waals surface area contributed by atoms with Crippen molar-refractivity contribution in [2.75, 3.05) is 13.6 Å². The van der Waals surface area contributed by atoms with Crippen LogP contribution in [0.4, 0.5) is 4.79 Å². The van der Waals surface area contributed by atoms with Crippen LogP contribution in [0.2, 0.25) is 0 Å². The molecule has 0 aromatic heterocycles. The highest BCUT2D eigenvalue weighted by molar-refractivity contribution is 6.38. The van der Waals surface area contributed by atoms with Crippen LogP contribution in [-0.4, -0.2) is 83.6 Å². The molecule has 1 fully saturated rings. The molecule has 1 unspecified atom stereocenters. The number of fused-ring (bicyclic) bond motifs is 1. The highest BCUT2D eigenvalue weighted by Crippen LogP contribution is 2.31. The van der Waals surface area contributed by atoms with E-state index in [1.54, 1.807) is 58.0 Å². The standard InChI is InChI=1S/C40H54N6O8/c1-6-15-29(34(48)37(51)42-23-31(47)44-32(36(50)41-5)25-16-9-7-10-17-25)43-35(49)30-22-27-20-13-14-21-28(27)24-46(30)38(52)33(26-18-11-8-12-19-26)45-39(53)54-40(2,3)4/h7,9-10,13-14,16-17,20-21,26,29-30,32-33H,6,8,11-12,15,18-19,22-24H2,1-5H3,(H,41,50)(H,42,51)(H,43,49)(H,44,47)(H,45,53)/t29?,30-,32-,33-/m0/s1. The summed E-state index contributed by atoms with van der Waals surface area (Å²) in [4.78, 5) is 95.0. The first kappa shape index (κ1) is 41.5. The number of likely N-dealkylation sites (N-methyl/N-ethyl adjacent to an activating group) is 1. The van der Waals surface area contributed by atoms with Gasteiger partial charge in [-0.05, 0) is 62.6 Å². The molecule has 2 aromatic carbocycles. The Balaban J connectivity index is 1.50. The average molecular weight is 747 g/mol. The van der Waals surface area contributed by atoms with Crippen LogP contribution in [0, 0.1) is 5.92 Å². The molecule has 1 aliphatic heterocycles. The lowest BCUT2D eigenvalue weighted by Crippen LogP contribution is -2.61. The summed E-state index contributed by atoms with van der Waals surface area (Å²) in [5.74, 6) is -4.40. The maximum atomic E-state index is 14.5. The first-order valence-corrected chi connectivity index (χ1v) is 18.8. The maximum absolute atomic E-state index is 14.5. The van der Waals surface area contributed by atoms with Crippen LogP contribution >= 0.6 is 0 Å². The minimum Gasteiger partial charge on any atom is -0.444 e. The average Bonchev–Trinajstić information content (AvgIpc) is 3.16. The maximum Gasteiger partial charge on any atom is 0.408 e. The summed E-state index contributed by atoms with van der Waals surface area (Å²) in [7, 11) is 1.43. The van der Waals surface area contributed by atoms with Crippen LogP contribution in [-0.2, 0) is 46.5 Å². The Morgan fingerprint density at radius 2 is 1.50 bits per heavy atom. The second kappa shape index (κ2) is 19.2. The van der Waals surface area contributed by atoms with Gasteiger partial charge in [0.2, 0.25) is 29.4 Å². The summed E-state index contributed by atoms with van der Waals surface area (Å²) >= 11 is 0. The van der Waals surface area contributed by atoms with Crippen LogP contribution in [0.3, 0.4) is 0 Å². The number of Topliss-reactive ketones (excluding diaryl/α,β-unsaturated/α-hetero) is 1. The minimum absolute atomic E-state index is 0.105. The number of amides is 6. The molecule has 292 valence electrons. The minimum atomic E-state index is -1.24. The molecule has 0 spiro atoms. The number of rotatable bonds is 14. The zero-order chi connectivity index (χ0) is 39.4. The fourth-order valence-corrected chi connectivity index (χ4v) is 6.98. The molecule has 14 heteroatoms. The monoisotopic (exact) mass is 746 g/mol. The first-order chi connectivity index (χ1) is 25.7. The van der Waals surface area contributed by atoms with Crippen LogP contribution in [0.25, 0.3) is 0 Å². The van der Waals surface area contributed by atoms with E-state index < -0.39 is 77.7 Å². The van der Waals surface area contributed by atoms with E-state index in [9.17, 15) is 33.6 Å². The summed E-state index contributed by atoms with van der Waals surface area (Å²) in [6.45, 7) is 6.53. The number of carbonyl (C=O) groups excluding carboxylic acids is 7. The fourth-order valence-electron chi connectivity index (χ4n) is 6.98. The molecule has 14 nitrogen and oxygen atoms in total. The first-order valence-electron chi connectivity index (χ1n) is 18.8. The van der Waals surface area contributed by atoms with Crippen molar-refractivity contribution in [3.63, 3.8) is 0 Å². The molecule has 1 saturated carbocycles. The number of nitrogens with zero attached hydrogens (tertiary/aromatic N) is 1. The lowest BCUT2D eigenvalue weighted by Gasteiger charge is -2.40. The van der Waals surface area contributed by atoms with Crippen LogP contribution in [0.1, 0.15) is 95.4 Å². The molecule has 1 heterocycles. The van der Waals surface area contributed by atoms with Crippen LogP contribution in [0.5, 0.6) is 0 Å². The topological polar surface area (TPSA) is 192 Å². The molecule has 2 aromatic rings. The number of carbonyl (C=O) groups is 7. The van der Waals surface area contributed by atoms with Crippen molar-refractivity contribution >= 4 is 41.4 Å². The van der Waals surface area contributed by atoms with Gasteiger partial charge in [0.15, 0.2) is 0 Å². The molecule has 0 radical (unpaired) electrons. The van der Waals surface area contributed by atoms with Crippen molar-refractivity contribution in [2.24, 2.45) is 5.92 Å². The third-order valence-electron chi connectivity index (χ3n) is 9.68. The Morgan fingerprint density at radius 3 is 2.13 bits per heavy atom. The lowest BCUT2D eigenvalue weighted by atomic mass is 9.82. The van der Waals surface area contributed by atoms with Crippen LogP contribution < -0.4 is 26.6 Å². The molecule has 54 heavy (non-hydrogen) atoms. The summed E-state index contributed by atoms with van der Waals surface area (Å²) in [5.41, 5.74) is 1.47. The number of hydrogen-bond donors (Lipinski definition) is 5. The fraction of sp³-hybridized carbons (Fsp3) is 0.525. The predicted molar refractivity (Wildman–Crippen MR) is 200 cm³/mol. The van der Waals surface area contributed by atoms with E-state index in [-0.39, 0.29) is 25.3 Å². The van der Waals surface area contributed by atoms with Gasteiger partial charge in [-0.15, -0.1) is 0 Å². The third-order valence-corrected chi connectivity index (χ3v) is 9.68. The van der Waals surface area contributed by atoms with Crippen molar-refractivity contribution in [1.29, 1.82) is 0 Å². The van der Waals surface area contributed by atoms with Crippen molar-refractivity contribution in [1.82, 2.24) is 31.5 Å². The highest BCUT2D eigenvalue weighted by atomic mass is 16.6. The van der Waals surface area contributed by atoms with E-state index in [1.807, 2.05) is 24.3 Å². The predicted octanol–water partition coefficient (Wildman–Crippen LogP) is 2.99. The summed E-state index contributed by atoms with van der Waals surface area (Å²) in [6, 6.07) is 11.8. The van der Waals surface area contributed by atoms with E-state index >= 15 is 0 Å². The third kappa shape index (κ3) is 11.4. The van der Waals surface area contributed by atoms with Gasteiger partial charge in [0.25, 0.3) is 5.91 Å². The largest absolute Gasteiger partial charge is 0.444 e. The summed E-state index contributed by atoms with van der Waals surface area (Å²) in [6.07, 6.45) is 4.30. The van der Waals surface area contributed by atoms with Gasteiger partial charge in [-0.2, -0.15) is 0 Å². The zero-order valence-electron chi connectivity index (χ0n) is 31.9. The second-order valence-electron chi connectivity index (χ2n) is 14.9. The Hall–Kier alpha value is -5.27. The molecular formula is C40H54N6O8. The molecule has 4 atom stereocenters.